The number of carbonyl (C=O) groups is 1. The fourth-order valence-electron chi connectivity index (χ4n) is 6.94. The Morgan fingerprint density at radius 1 is 1.00 bits per heavy atom. The van der Waals surface area contributed by atoms with Crippen LogP contribution < -0.4 is 10.6 Å². The van der Waals surface area contributed by atoms with Gasteiger partial charge in [0.25, 0.3) is 0 Å². The summed E-state index contributed by atoms with van der Waals surface area (Å²) in [5.41, 5.74) is 6.87. The summed E-state index contributed by atoms with van der Waals surface area (Å²) in [6.07, 6.45) is 3.02. The molecule has 0 radical (unpaired) electrons. The summed E-state index contributed by atoms with van der Waals surface area (Å²) < 4.78 is 1.66. The fourth-order valence-corrected chi connectivity index (χ4v) is 6.94. The van der Waals surface area contributed by atoms with Crippen LogP contribution in [0.4, 0.5) is 10.6 Å². The Bertz CT molecular complexity index is 2040. The molecule has 0 spiro atoms. The van der Waals surface area contributed by atoms with Crippen LogP contribution in [0.3, 0.4) is 0 Å². The maximum atomic E-state index is 14.3. The molecule has 5 aromatic rings. The van der Waals surface area contributed by atoms with E-state index in [0.717, 1.165) is 62.8 Å². The average Bonchev–Trinajstić information content (AvgIpc) is 3.86. The number of rotatable bonds is 5. The summed E-state index contributed by atoms with van der Waals surface area (Å²) in [5.74, 6) is 1.00. The van der Waals surface area contributed by atoms with Crippen molar-refractivity contribution in [2.45, 2.75) is 65.3 Å². The number of anilines is 1. The van der Waals surface area contributed by atoms with Gasteiger partial charge in [-0.15, -0.1) is 0 Å². The van der Waals surface area contributed by atoms with Crippen LogP contribution in [-0.2, 0) is 0 Å². The molecular weight excluding hydrogens is 564 g/mol. The van der Waals surface area contributed by atoms with Gasteiger partial charge >= 0.3 is 11.8 Å². The summed E-state index contributed by atoms with van der Waals surface area (Å²) in [7, 11) is 0. The fraction of sp³-hybridized carbons (Fsp3) is 0.361. The van der Waals surface area contributed by atoms with Gasteiger partial charge in [0.2, 0.25) is 0 Å². The van der Waals surface area contributed by atoms with E-state index in [2.05, 4.69) is 68.1 Å². The van der Waals surface area contributed by atoms with E-state index >= 15 is 0 Å². The van der Waals surface area contributed by atoms with Crippen LogP contribution in [0.25, 0.3) is 38.8 Å². The van der Waals surface area contributed by atoms with E-state index in [1.54, 1.807) is 10.8 Å². The van der Waals surface area contributed by atoms with Gasteiger partial charge in [0.05, 0.1) is 22.5 Å². The molecular formula is C36H38N6O3. The Labute approximate surface area is 262 Å². The number of aromatic nitrogens is 4. The number of benzene rings is 2. The molecule has 230 valence electrons. The lowest BCUT2D eigenvalue weighted by molar-refractivity contribution is 0.136. The van der Waals surface area contributed by atoms with Gasteiger partial charge in [-0.3, -0.25) is 4.98 Å². The van der Waals surface area contributed by atoms with Crippen LogP contribution in [-0.4, -0.2) is 61.3 Å². The predicted octanol–water partition coefficient (Wildman–Crippen LogP) is 6.80. The molecule has 1 N–H and O–H groups in total. The third-order valence-corrected chi connectivity index (χ3v) is 9.36. The zero-order valence-corrected chi connectivity index (χ0v) is 26.4. The second-order valence-corrected chi connectivity index (χ2v) is 12.9. The summed E-state index contributed by atoms with van der Waals surface area (Å²) in [6, 6.07) is 16.7. The Morgan fingerprint density at radius 3 is 2.44 bits per heavy atom. The maximum absolute atomic E-state index is 14.3. The zero-order chi connectivity index (χ0) is 31.6. The first-order valence-electron chi connectivity index (χ1n) is 15.8. The molecule has 1 amide bonds. The molecule has 45 heavy (non-hydrogen) atoms. The van der Waals surface area contributed by atoms with Gasteiger partial charge in [0, 0.05) is 37.4 Å². The summed E-state index contributed by atoms with van der Waals surface area (Å²) in [6.45, 7) is 11.4. The molecule has 1 unspecified atom stereocenters. The van der Waals surface area contributed by atoms with Crippen molar-refractivity contribution < 1.29 is 9.90 Å². The van der Waals surface area contributed by atoms with E-state index in [9.17, 15) is 14.7 Å². The van der Waals surface area contributed by atoms with Crippen molar-refractivity contribution in [3.05, 3.63) is 87.6 Å². The van der Waals surface area contributed by atoms with Gasteiger partial charge in [-0.2, -0.15) is 4.98 Å². The van der Waals surface area contributed by atoms with Gasteiger partial charge < -0.3 is 14.9 Å². The number of hydrogen-bond acceptors (Lipinski definition) is 6. The molecule has 1 saturated heterocycles. The highest BCUT2D eigenvalue weighted by Crippen LogP contribution is 2.47. The smallest absolute Gasteiger partial charge is 0.407 e. The Kier molecular flexibility index (Phi) is 7.06. The van der Waals surface area contributed by atoms with E-state index in [0.29, 0.717) is 37.0 Å². The second kappa shape index (κ2) is 11.0. The van der Waals surface area contributed by atoms with Crippen molar-refractivity contribution in [2.24, 2.45) is 0 Å². The van der Waals surface area contributed by atoms with Gasteiger partial charge in [0.15, 0.2) is 5.65 Å². The van der Waals surface area contributed by atoms with E-state index in [1.165, 1.54) is 10.5 Å². The molecule has 9 heteroatoms. The molecule has 9 nitrogen and oxygen atoms in total. The SMILES string of the molecule is Cc1ccnc(C(C)C)c1-n1c(=O)nc(N2CCN(C(=O)O)CC2C)c2cc(C3CC3)c(-c3cccc4cccc(C)c34)nc21. The van der Waals surface area contributed by atoms with Gasteiger partial charge in [-0.1, -0.05) is 50.2 Å². The number of fused-ring (bicyclic) bond motifs is 2. The standard InChI is InChI=1S/C36H38N6O3/c1-20(2)30-32(22(4)14-15-37-30)42-34-28(33(39-35(42)43)41-17-16-40(36(44)45)19-23(41)5)18-27(24-12-13-24)31(38-34)26-11-7-10-25-9-6-8-21(3)29(25)26/h6-11,14-15,18,20,23-24H,12-13,16-17,19H2,1-5H3,(H,44,45). The highest BCUT2D eigenvalue weighted by molar-refractivity contribution is 6.01. The normalized spacial score (nSPS) is 17.1. The van der Waals surface area contributed by atoms with Crippen molar-refractivity contribution >= 4 is 33.7 Å². The quantitative estimate of drug-likeness (QED) is 0.236. The molecule has 3 aromatic heterocycles. The number of piperazine rings is 1. The first-order valence-corrected chi connectivity index (χ1v) is 15.8. The lowest BCUT2D eigenvalue weighted by Gasteiger charge is -2.39. The number of pyridine rings is 2. The van der Waals surface area contributed by atoms with Crippen LogP contribution in [0, 0.1) is 13.8 Å². The van der Waals surface area contributed by atoms with Crippen molar-refractivity contribution in [1.82, 2.24) is 24.4 Å². The minimum atomic E-state index is -0.935. The number of aryl methyl sites for hydroxylation is 2. The molecule has 1 atom stereocenters. The van der Waals surface area contributed by atoms with Crippen molar-refractivity contribution in [1.29, 1.82) is 0 Å². The van der Waals surface area contributed by atoms with Gasteiger partial charge in [-0.25, -0.2) is 19.1 Å². The summed E-state index contributed by atoms with van der Waals surface area (Å²) in [4.78, 5) is 44.5. The van der Waals surface area contributed by atoms with E-state index in [4.69, 9.17) is 15.0 Å². The highest BCUT2D eigenvalue weighted by Gasteiger charge is 2.33. The molecule has 1 saturated carbocycles. The maximum Gasteiger partial charge on any atom is 0.407 e. The monoisotopic (exact) mass is 602 g/mol. The Balaban J connectivity index is 1.57. The predicted molar refractivity (Wildman–Crippen MR) is 178 cm³/mol. The molecule has 1 aliphatic carbocycles. The molecule has 2 aromatic carbocycles. The Hall–Kier alpha value is -4.79. The first-order chi connectivity index (χ1) is 21.6. The second-order valence-electron chi connectivity index (χ2n) is 12.9. The van der Waals surface area contributed by atoms with Crippen molar-refractivity contribution in [2.75, 3.05) is 24.5 Å². The van der Waals surface area contributed by atoms with Crippen LogP contribution in [0.2, 0.25) is 0 Å². The third-order valence-electron chi connectivity index (χ3n) is 9.36. The van der Waals surface area contributed by atoms with Crippen LogP contribution >= 0.6 is 0 Å². The number of hydrogen-bond donors (Lipinski definition) is 1. The van der Waals surface area contributed by atoms with E-state index < -0.39 is 11.8 Å². The molecule has 7 rings (SSSR count). The minimum Gasteiger partial charge on any atom is -0.465 e. The average molecular weight is 603 g/mol. The Morgan fingerprint density at radius 2 is 1.76 bits per heavy atom. The lowest BCUT2D eigenvalue weighted by Crippen LogP contribution is -2.54. The van der Waals surface area contributed by atoms with Crippen LogP contribution in [0.1, 0.15) is 67.8 Å². The molecule has 1 aliphatic heterocycles. The topological polar surface area (TPSA) is 104 Å². The van der Waals surface area contributed by atoms with E-state index in [-0.39, 0.29) is 12.0 Å². The molecule has 2 fully saturated rings. The number of nitrogens with zero attached hydrogens (tertiary/aromatic N) is 6. The van der Waals surface area contributed by atoms with Crippen molar-refractivity contribution in [3.63, 3.8) is 0 Å². The summed E-state index contributed by atoms with van der Waals surface area (Å²) >= 11 is 0. The van der Waals surface area contributed by atoms with Gasteiger partial charge in [-0.05, 0) is 85.0 Å². The van der Waals surface area contributed by atoms with Gasteiger partial charge in [0.1, 0.15) is 5.82 Å². The first kappa shape index (κ1) is 29.0. The van der Waals surface area contributed by atoms with Crippen molar-refractivity contribution in [3.8, 4) is 16.9 Å². The minimum absolute atomic E-state index is 0.0663. The van der Waals surface area contributed by atoms with E-state index in [1.807, 2.05) is 19.9 Å². The molecule has 0 bridgehead atoms. The number of carboxylic acid groups (broad SMARTS) is 1. The third kappa shape index (κ3) is 4.90. The number of amides is 1. The van der Waals surface area contributed by atoms with Crippen LogP contribution in [0.15, 0.2) is 59.5 Å². The largest absolute Gasteiger partial charge is 0.465 e. The molecule has 2 aliphatic rings. The lowest BCUT2D eigenvalue weighted by atomic mass is 9.94. The highest BCUT2D eigenvalue weighted by atomic mass is 16.4. The molecule has 4 heterocycles. The summed E-state index contributed by atoms with van der Waals surface area (Å²) in [5, 5.41) is 12.8. The van der Waals surface area contributed by atoms with Crippen LogP contribution in [0.5, 0.6) is 0 Å². The zero-order valence-electron chi connectivity index (χ0n) is 26.4.